The molecule has 150 valence electrons. The Hall–Kier alpha value is -1.86. The predicted octanol–water partition coefficient (Wildman–Crippen LogP) is 2.83. The lowest BCUT2D eigenvalue weighted by Gasteiger charge is -2.26. The van der Waals surface area contributed by atoms with Gasteiger partial charge in [0, 0.05) is 40.3 Å². The Morgan fingerprint density at radius 3 is 2.74 bits per heavy atom. The third kappa shape index (κ3) is 6.07. The van der Waals surface area contributed by atoms with Crippen LogP contribution in [0.25, 0.3) is 0 Å². The molecule has 0 spiro atoms. The number of hydrogen-bond donors (Lipinski definition) is 1. The van der Waals surface area contributed by atoms with Crippen LogP contribution in [-0.4, -0.2) is 57.3 Å². The molecule has 1 N–H and O–H groups in total. The number of sulfonamides is 1. The molecule has 2 rings (SSSR count). The minimum atomic E-state index is -3.40. The highest BCUT2D eigenvalue weighted by Crippen LogP contribution is 2.21. The van der Waals surface area contributed by atoms with Gasteiger partial charge in [0.05, 0.1) is 4.90 Å². The van der Waals surface area contributed by atoms with Gasteiger partial charge < -0.3 is 10.2 Å². The van der Waals surface area contributed by atoms with E-state index >= 15 is 0 Å². The monoisotopic (exact) mass is 392 g/mol. The highest BCUT2D eigenvalue weighted by atomic mass is 32.2. The van der Waals surface area contributed by atoms with Crippen molar-refractivity contribution in [2.24, 2.45) is 4.99 Å². The Bertz CT molecular complexity index is 740. The summed E-state index contributed by atoms with van der Waals surface area (Å²) < 4.78 is 27.3. The van der Waals surface area contributed by atoms with E-state index in [0.717, 1.165) is 50.2 Å². The molecule has 1 aromatic rings. The topological polar surface area (TPSA) is 65.0 Å². The van der Waals surface area contributed by atoms with Crippen LogP contribution in [0.4, 0.5) is 0 Å². The number of nitrogens with one attached hydrogen (secondary N) is 1. The maximum atomic E-state index is 12.9. The summed E-state index contributed by atoms with van der Waals surface area (Å²) in [6.07, 6.45) is 6.89. The maximum absolute atomic E-state index is 12.9. The van der Waals surface area contributed by atoms with E-state index in [1.165, 1.54) is 0 Å². The van der Waals surface area contributed by atoms with Crippen LogP contribution in [0.3, 0.4) is 0 Å². The summed E-state index contributed by atoms with van der Waals surface area (Å²) >= 11 is 0. The minimum absolute atomic E-state index is 0.373. The molecule has 0 amide bonds. The van der Waals surface area contributed by atoms with Gasteiger partial charge in [-0.1, -0.05) is 24.6 Å². The van der Waals surface area contributed by atoms with Gasteiger partial charge >= 0.3 is 0 Å². The van der Waals surface area contributed by atoms with Crippen molar-refractivity contribution in [3.63, 3.8) is 0 Å². The molecule has 0 unspecified atom stereocenters. The summed E-state index contributed by atoms with van der Waals surface area (Å²) in [5.74, 6) is 0.795. The summed E-state index contributed by atoms with van der Waals surface area (Å²) in [6.45, 7) is 6.39. The van der Waals surface area contributed by atoms with Crippen molar-refractivity contribution in [3.05, 3.63) is 42.5 Å². The third-order valence-corrected chi connectivity index (χ3v) is 6.67. The first-order valence-electron chi connectivity index (χ1n) is 9.61. The van der Waals surface area contributed by atoms with Crippen molar-refractivity contribution in [2.45, 2.75) is 43.5 Å². The van der Waals surface area contributed by atoms with E-state index in [1.54, 1.807) is 23.5 Å². The number of aliphatic imine (C=N–C) groups is 1. The quantitative estimate of drug-likeness (QED) is 0.320. The van der Waals surface area contributed by atoms with Gasteiger partial charge in [-0.3, -0.25) is 4.99 Å². The Balaban J connectivity index is 2.01. The van der Waals surface area contributed by atoms with E-state index < -0.39 is 10.0 Å². The number of nitrogens with zero attached hydrogens (tertiary/aromatic N) is 3. The van der Waals surface area contributed by atoms with Crippen molar-refractivity contribution in [3.8, 4) is 0 Å². The molecule has 7 heteroatoms. The molecule has 1 aliphatic heterocycles. The fourth-order valence-corrected chi connectivity index (χ4v) is 4.80. The first-order chi connectivity index (χ1) is 13.0. The molecule has 27 heavy (non-hydrogen) atoms. The number of allylic oxidation sites excluding steroid dienone is 1. The molecular formula is C20H32N4O2S. The van der Waals surface area contributed by atoms with E-state index in [9.17, 15) is 8.42 Å². The number of piperidine rings is 1. The fraction of sp³-hybridized carbons (Fsp3) is 0.550. The van der Waals surface area contributed by atoms with Gasteiger partial charge in [0.1, 0.15) is 0 Å². The number of rotatable bonds is 8. The second-order valence-corrected chi connectivity index (χ2v) is 8.80. The summed E-state index contributed by atoms with van der Waals surface area (Å²) in [5, 5.41) is 3.31. The molecule has 1 heterocycles. The molecule has 0 bridgehead atoms. The molecule has 1 aliphatic rings. The first kappa shape index (κ1) is 21.4. The van der Waals surface area contributed by atoms with Crippen LogP contribution in [0, 0.1) is 0 Å². The zero-order valence-electron chi connectivity index (χ0n) is 16.5. The summed E-state index contributed by atoms with van der Waals surface area (Å²) in [5.41, 5.74) is 0.925. The second-order valence-electron chi connectivity index (χ2n) is 6.87. The van der Waals surface area contributed by atoms with Crippen LogP contribution in [0.1, 0.15) is 37.7 Å². The Morgan fingerprint density at radius 2 is 2.07 bits per heavy atom. The fourth-order valence-electron chi connectivity index (χ4n) is 3.21. The molecule has 1 saturated heterocycles. The molecule has 0 saturated carbocycles. The van der Waals surface area contributed by atoms with Crippen LogP contribution in [0.5, 0.6) is 0 Å². The van der Waals surface area contributed by atoms with Gasteiger partial charge in [0.2, 0.25) is 10.0 Å². The molecule has 0 aromatic heterocycles. The molecule has 1 aromatic carbocycles. The van der Waals surface area contributed by atoms with E-state index in [-0.39, 0.29) is 0 Å². The lowest BCUT2D eigenvalue weighted by molar-refractivity contribution is 0.346. The lowest BCUT2D eigenvalue weighted by Crippen LogP contribution is -2.39. The largest absolute Gasteiger partial charge is 0.352 e. The first-order valence-corrected chi connectivity index (χ1v) is 11.0. The van der Waals surface area contributed by atoms with Crippen molar-refractivity contribution in [1.82, 2.24) is 14.5 Å². The highest BCUT2D eigenvalue weighted by molar-refractivity contribution is 7.89. The van der Waals surface area contributed by atoms with Crippen LogP contribution in [-0.2, 0) is 16.6 Å². The van der Waals surface area contributed by atoms with Crippen molar-refractivity contribution >= 4 is 16.0 Å². The van der Waals surface area contributed by atoms with E-state index in [2.05, 4.69) is 21.8 Å². The smallest absolute Gasteiger partial charge is 0.243 e. The Morgan fingerprint density at radius 1 is 1.33 bits per heavy atom. The van der Waals surface area contributed by atoms with E-state index in [1.807, 2.05) is 25.3 Å². The average molecular weight is 393 g/mol. The van der Waals surface area contributed by atoms with Gasteiger partial charge in [0.15, 0.2) is 5.96 Å². The number of hydrogen-bond acceptors (Lipinski definition) is 3. The average Bonchev–Trinajstić information content (AvgIpc) is 2.69. The molecule has 6 nitrogen and oxygen atoms in total. The van der Waals surface area contributed by atoms with E-state index in [0.29, 0.717) is 24.5 Å². The summed E-state index contributed by atoms with van der Waals surface area (Å²) in [6, 6.07) is 7.20. The van der Waals surface area contributed by atoms with Gasteiger partial charge in [-0.15, -0.1) is 6.58 Å². The van der Waals surface area contributed by atoms with Gasteiger partial charge in [-0.05, 0) is 43.4 Å². The van der Waals surface area contributed by atoms with Crippen LogP contribution in [0.15, 0.2) is 46.8 Å². The van der Waals surface area contributed by atoms with Crippen LogP contribution in [0.2, 0.25) is 0 Å². The number of benzene rings is 1. The van der Waals surface area contributed by atoms with Crippen molar-refractivity contribution < 1.29 is 8.42 Å². The Labute approximate surface area is 164 Å². The van der Waals surface area contributed by atoms with Gasteiger partial charge in [0.25, 0.3) is 0 Å². The van der Waals surface area contributed by atoms with Crippen LogP contribution >= 0.6 is 0 Å². The molecule has 0 radical (unpaired) electrons. The Kier molecular flexibility index (Phi) is 8.31. The molecule has 0 aliphatic carbocycles. The third-order valence-electron chi connectivity index (χ3n) is 4.78. The van der Waals surface area contributed by atoms with Crippen LogP contribution < -0.4 is 5.32 Å². The molecular weight excluding hydrogens is 360 g/mol. The molecule has 0 atom stereocenters. The predicted molar refractivity (Wildman–Crippen MR) is 111 cm³/mol. The van der Waals surface area contributed by atoms with Gasteiger partial charge in [-0.2, -0.15) is 4.31 Å². The SMILES string of the molecule is C=CCCCN(C)C(=NC)NCc1cccc(S(=O)(=O)N2CCCCC2)c1. The summed E-state index contributed by atoms with van der Waals surface area (Å²) in [7, 11) is 0.345. The standard InChI is InChI=1S/C20H32N4O2S/c1-4-5-7-13-23(3)20(21-2)22-17-18-11-10-12-19(16-18)27(25,26)24-14-8-6-9-15-24/h4,10-12,16H,1,5-9,13-15,17H2,2-3H3,(H,21,22). The maximum Gasteiger partial charge on any atom is 0.243 e. The van der Waals surface area contributed by atoms with E-state index in [4.69, 9.17) is 0 Å². The zero-order chi connectivity index (χ0) is 19.7. The normalized spacial score (nSPS) is 16.1. The molecule has 1 fully saturated rings. The number of guanidine groups is 1. The minimum Gasteiger partial charge on any atom is -0.352 e. The van der Waals surface area contributed by atoms with Crippen molar-refractivity contribution in [1.29, 1.82) is 0 Å². The highest BCUT2D eigenvalue weighted by Gasteiger charge is 2.25. The van der Waals surface area contributed by atoms with Gasteiger partial charge in [-0.25, -0.2) is 8.42 Å². The zero-order valence-corrected chi connectivity index (χ0v) is 17.3. The van der Waals surface area contributed by atoms with Crippen molar-refractivity contribution in [2.75, 3.05) is 33.7 Å². The lowest BCUT2D eigenvalue weighted by atomic mass is 10.2. The number of unbranched alkanes of at least 4 members (excludes halogenated alkanes) is 1. The summed E-state index contributed by atoms with van der Waals surface area (Å²) in [4.78, 5) is 6.75. The second kappa shape index (κ2) is 10.5.